The van der Waals surface area contributed by atoms with Gasteiger partial charge in [-0.05, 0) is 28.7 Å². The summed E-state index contributed by atoms with van der Waals surface area (Å²) in [6, 6.07) is 4.27. The fourth-order valence-corrected chi connectivity index (χ4v) is 1.45. The Morgan fingerprint density at radius 1 is 1.18 bits per heavy atom. The second-order valence-corrected chi connectivity index (χ2v) is 2.79. The molecule has 0 saturated carbocycles. The summed E-state index contributed by atoms with van der Waals surface area (Å²) < 4.78 is 0. The zero-order valence-electron chi connectivity index (χ0n) is 6.43. The molecule has 1 aliphatic carbocycles. The van der Waals surface area contributed by atoms with Gasteiger partial charge in [-0.2, -0.15) is 0 Å². The van der Waals surface area contributed by atoms with Gasteiger partial charge in [0.25, 0.3) is 0 Å². The molecule has 0 heterocycles. The van der Waals surface area contributed by atoms with Crippen LogP contribution in [-0.4, -0.2) is 0 Å². The second-order valence-electron chi connectivity index (χ2n) is 2.79. The Kier molecular flexibility index (Phi) is 1.22. The van der Waals surface area contributed by atoms with E-state index in [0.717, 1.165) is 6.42 Å². The lowest BCUT2D eigenvalue weighted by Crippen LogP contribution is -1.77. The van der Waals surface area contributed by atoms with Gasteiger partial charge in [-0.25, -0.2) is 0 Å². The minimum absolute atomic E-state index is 1.15. The first-order valence-corrected chi connectivity index (χ1v) is 3.76. The molecule has 54 valence electrons. The van der Waals surface area contributed by atoms with Crippen molar-refractivity contribution in [1.29, 1.82) is 0 Å². The maximum absolute atomic E-state index is 3.79. The van der Waals surface area contributed by atoms with Crippen LogP contribution in [0.2, 0.25) is 0 Å². The van der Waals surface area contributed by atoms with Crippen molar-refractivity contribution in [3.8, 4) is 0 Å². The van der Waals surface area contributed by atoms with Gasteiger partial charge in [0, 0.05) is 0 Å². The molecule has 0 saturated heterocycles. The summed E-state index contributed by atoms with van der Waals surface area (Å²) in [6.45, 7) is 7.54. The zero-order chi connectivity index (χ0) is 7.84. The standard InChI is InChI=1S/C11H10/c1-3-8-5-6-9-7-11(9)10(8)4-2/h3-6H,1-2,7H2. The molecule has 0 heteroatoms. The number of hydrogen-bond acceptors (Lipinski definition) is 0. The summed E-state index contributed by atoms with van der Waals surface area (Å²) in [5.74, 6) is 0. The lowest BCUT2D eigenvalue weighted by Gasteiger charge is -1.96. The van der Waals surface area contributed by atoms with E-state index in [9.17, 15) is 0 Å². The molecule has 0 aromatic heterocycles. The first kappa shape index (κ1) is 6.41. The average molecular weight is 142 g/mol. The summed E-state index contributed by atoms with van der Waals surface area (Å²) in [6.07, 6.45) is 4.95. The minimum atomic E-state index is 1.15. The molecule has 0 amide bonds. The molecule has 1 aromatic rings. The van der Waals surface area contributed by atoms with Crippen molar-refractivity contribution in [2.75, 3.05) is 0 Å². The predicted octanol–water partition coefficient (Wildman–Crippen LogP) is 2.88. The molecule has 2 rings (SSSR count). The van der Waals surface area contributed by atoms with Gasteiger partial charge in [-0.3, -0.25) is 0 Å². The summed E-state index contributed by atoms with van der Waals surface area (Å²) in [4.78, 5) is 0. The molecule has 0 bridgehead atoms. The topological polar surface area (TPSA) is 0 Å². The SMILES string of the molecule is C=Cc1ccc2c(c1C=C)C2. The van der Waals surface area contributed by atoms with Crippen molar-refractivity contribution >= 4 is 12.2 Å². The van der Waals surface area contributed by atoms with Crippen LogP contribution in [0, 0.1) is 0 Å². The number of hydrogen-bond donors (Lipinski definition) is 0. The van der Waals surface area contributed by atoms with Gasteiger partial charge in [0.2, 0.25) is 0 Å². The van der Waals surface area contributed by atoms with Crippen LogP contribution in [-0.2, 0) is 6.42 Å². The van der Waals surface area contributed by atoms with E-state index < -0.39 is 0 Å². The normalized spacial score (nSPS) is 12.0. The van der Waals surface area contributed by atoms with E-state index in [1.807, 2.05) is 12.2 Å². The highest BCUT2D eigenvalue weighted by Crippen LogP contribution is 2.34. The first-order chi connectivity index (χ1) is 5.36. The Labute approximate surface area is 66.9 Å². The van der Waals surface area contributed by atoms with Gasteiger partial charge in [0.15, 0.2) is 0 Å². The molecule has 1 aromatic carbocycles. The number of fused-ring (bicyclic) bond motifs is 1. The number of rotatable bonds is 2. The van der Waals surface area contributed by atoms with Crippen molar-refractivity contribution in [2.24, 2.45) is 0 Å². The zero-order valence-corrected chi connectivity index (χ0v) is 6.43. The largest absolute Gasteiger partial charge is 0.0984 e. The quantitative estimate of drug-likeness (QED) is 0.604. The Bertz CT molecular complexity index is 332. The van der Waals surface area contributed by atoms with E-state index in [1.165, 1.54) is 22.3 Å². The van der Waals surface area contributed by atoms with E-state index >= 15 is 0 Å². The van der Waals surface area contributed by atoms with Crippen molar-refractivity contribution in [2.45, 2.75) is 6.42 Å². The molecule has 0 spiro atoms. The van der Waals surface area contributed by atoms with Gasteiger partial charge >= 0.3 is 0 Å². The molecule has 0 fully saturated rings. The van der Waals surface area contributed by atoms with Crippen LogP contribution in [0.4, 0.5) is 0 Å². The summed E-state index contributed by atoms with van der Waals surface area (Å²) in [5.41, 5.74) is 5.40. The first-order valence-electron chi connectivity index (χ1n) is 3.76. The fraction of sp³-hybridized carbons (Fsp3) is 0.0909. The molecule has 0 aliphatic heterocycles. The molecular formula is C11H10. The molecule has 0 nitrogen and oxygen atoms in total. The predicted molar refractivity (Wildman–Crippen MR) is 49.4 cm³/mol. The third-order valence-electron chi connectivity index (χ3n) is 2.15. The monoisotopic (exact) mass is 142 g/mol. The smallest absolute Gasteiger partial charge is 0.00137 e. The van der Waals surface area contributed by atoms with Crippen LogP contribution in [0.25, 0.3) is 12.2 Å². The Hall–Kier alpha value is -1.30. The third kappa shape index (κ3) is 0.829. The van der Waals surface area contributed by atoms with E-state index in [0.29, 0.717) is 0 Å². The van der Waals surface area contributed by atoms with Gasteiger partial charge in [0.1, 0.15) is 0 Å². The second kappa shape index (κ2) is 2.09. The van der Waals surface area contributed by atoms with Crippen molar-refractivity contribution < 1.29 is 0 Å². The Morgan fingerprint density at radius 2 is 2.00 bits per heavy atom. The maximum atomic E-state index is 3.79. The summed E-state index contributed by atoms with van der Waals surface area (Å²) >= 11 is 0. The summed E-state index contributed by atoms with van der Waals surface area (Å²) in [7, 11) is 0. The molecular weight excluding hydrogens is 132 g/mol. The molecule has 1 aliphatic rings. The van der Waals surface area contributed by atoms with Gasteiger partial charge in [0.05, 0.1) is 0 Å². The van der Waals surface area contributed by atoms with E-state index in [2.05, 4.69) is 25.3 Å². The third-order valence-corrected chi connectivity index (χ3v) is 2.15. The molecule has 0 atom stereocenters. The van der Waals surface area contributed by atoms with Gasteiger partial charge in [-0.15, -0.1) is 0 Å². The molecule has 0 N–H and O–H groups in total. The van der Waals surface area contributed by atoms with Gasteiger partial charge in [-0.1, -0.05) is 37.4 Å². The van der Waals surface area contributed by atoms with Crippen molar-refractivity contribution in [3.05, 3.63) is 47.5 Å². The van der Waals surface area contributed by atoms with Crippen LogP contribution in [0.5, 0.6) is 0 Å². The van der Waals surface area contributed by atoms with Crippen LogP contribution in [0.1, 0.15) is 22.3 Å². The molecule has 0 unspecified atom stereocenters. The van der Waals surface area contributed by atoms with E-state index in [1.54, 1.807) is 0 Å². The van der Waals surface area contributed by atoms with Crippen LogP contribution in [0.15, 0.2) is 25.3 Å². The maximum Gasteiger partial charge on any atom is -0.00137 e. The Balaban J connectivity index is 2.66. The van der Waals surface area contributed by atoms with Crippen molar-refractivity contribution in [3.63, 3.8) is 0 Å². The highest BCUT2D eigenvalue weighted by Gasteiger charge is 2.20. The highest BCUT2D eigenvalue weighted by molar-refractivity contribution is 5.72. The van der Waals surface area contributed by atoms with Crippen LogP contribution in [0.3, 0.4) is 0 Å². The Morgan fingerprint density at radius 3 is 2.64 bits per heavy atom. The lowest BCUT2D eigenvalue weighted by atomic mass is 10.1. The fourth-order valence-electron chi connectivity index (χ4n) is 1.45. The minimum Gasteiger partial charge on any atom is -0.0984 e. The average Bonchev–Trinajstić information content (AvgIpc) is 2.80. The number of benzene rings is 1. The van der Waals surface area contributed by atoms with Crippen LogP contribution >= 0.6 is 0 Å². The highest BCUT2D eigenvalue weighted by atomic mass is 14.2. The van der Waals surface area contributed by atoms with Gasteiger partial charge < -0.3 is 0 Å². The van der Waals surface area contributed by atoms with Crippen molar-refractivity contribution in [1.82, 2.24) is 0 Å². The van der Waals surface area contributed by atoms with E-state index in [-0.39, 0.29) is 0 Å². The lowest BCUT2D eigenvalue weighted by molar-refractivity contribution is 1.58. The summed E-state index contributed by atoms with van der Waals surface area (Å²) in [5, 5.41) is 0. The molecule has 11 heavy (non-hydrogen) atoms. The van der Waals surface area contributed by atoms with E-state index in [4.69, 9.17) is 0 Å². The van der Waals surface area contributed by atoms with Crippen LogP contribution < -0.4 is 0 Å². The molecule has 0 radical (unpaired) electrons.